The lowest BCUT2D eigenvalue weighted by Crippen LogP contribution is -2.41. The maximum absolute atomic E-state index is 12.5. The molecule has 0 atom stereocenters. The molecule has 8 heteroatoms. The van der Waals surface area contributed by atoms with Gasteiger partial charge in [0.25, 0.3) is 5.91 Å². The first-order valence-corrected chi connectivity index (χ1v) is 7.98. The number of aromatic nitrogens is 4. The third-order valence-electron chi connectivity index (χ3n) is 4.01. The van der Waals surface area contributed by atoms with Gasteiger partial charge in [-0.05, 0) is 38.0 Å². The van der Waals surface area contributed by atoms with E-state index in [0.717, 1.165) is 0 Å². The van der Waals surface area contributed by atoms with E-state index in [-0.39, 0.29) is 17.8 Å². The van der Waals surface area contributed by atoms with E-state index in [4.69, 9.17) is 4.74 Å². The van der Waals surface area contributed by atoms with Gasteiger partial charge in [-0.1, -0.05) is 0 Å². The highest BCUT2D eigenvalue weighted by Crippen LogP contribution is 2.20. The fraction of sp³-hybridized carbons (Fsp3) is 0.438. The number of rotatable bonds is 4. The summed E-state index contributed by atoms with van der Waals surface area (Å²) in [6.07, 6.45) is 4.63. The van der Waals surface area contributed by atoms with Crippen LogP contribution in [0, 0.1) is 5.92 Å². The molecule has 24 heavy (non-hydrogen) atoms. The van der Waals surface area contributed by atoms with Crippen molar-refractivity contribution in [2.45, 2.75) is 19.8 Å². The number of likely N-dealkylation sites (tertiary alicyclic amines) is 1. The summed E-state index contributed by atoms with van der Waals surface area (Å²) < 4.78 is 6.61. The predicted molar refractivity (Wildman–Crippen MR) is 84.4 cm³/mol. The molecule has 2 aromatic heterocycles. The Balaban J connectivity index is 1.60. The first kappa shape index (κ1) is 16.1. The first-order chi connectivity index (χ1) is 11.7. The van der Waals surface area contributed by atoms with Crippen LogP contribution in [0.4, 0.5) is 0 Å². The number of carbonyl (C=O) groups excluding carboxylic acids is 2. The van der Waals surface area contributed by atoms with Gasteiger partial charge in [0.2, 0.25) is 0 Å². The Morgan fingerprint density at radius 1 is 1.25 bits per heavy atom. The molecular formula is C16H19N5O3. The van der Waals surface area contributed by atoms with Crippen LogP contribution in [-0.2, 0) is 9.53 Å². The average Bonchev–Trinajstić information content (AvgIpc) is 3.16. The zero-order valence-corrected chi connectivity index (χ0v) is 13.5. The number of amides is 1. The standard InChI is InChI=1S/C16H19N5O3/c1-2-24-16(23)12-6-10-20(11-7-12)15(22)13-4-5-14(19-18-13)21-9-3-8-17-21/h3-5,8-9,12H,2,6-7,10-11H2,1H3. The maximum atomic E-state index is 12.5. The smallest absolute Gasteiger partial charge is 0.309 e. The van der Waals surface area contributed by atoms with Gasteiger partial charge in [0.1, 0.15) is 0 Å². The molecule has 0 aromatic carbocycles. The summed E-state index contributed by atoms with van der Waals surface area (Å²) in [6.45, 7) is 3.22. The van der Waals surface area contributed by atoms with E-state index in [9.17, 15) is 9.59 Å². The normalized spacial score (nSPS) is 15.3. The van der Waals surface area contributed by atoms with Crippen molar-refractivity contribution in [2.75, 3.05) is 19.7 Å². The number of ether oxygens (including phenoxy) is 1. The molecule has 0 bridgehead atoms. The molecule has 0 saturated carbocycles. The van der Waals surface area contributed by atoms with E-state index in [0.29, 0.717) is 44.0 Å². The van der Waals surface area contributed by atoms with E-state index >= 15 is 0 Å². The fourth-order valence-corrected chi connectivity index (χ4v) is 2.71. The quantitative estimate of drug-likeness (QED) is 0.780. The third-order valence-corrected chi connectivity index (χ3v) is 4.01. The molecule has 8 nitrogen and oxygen atoms in total. The summed E-state index contributed by atoms with van der Waals surface area (Å²) in [5.74, 6) is 0.0876. The van der Waals surface area contributed by atoms with E-state index in [1.165, 1.54) is 0 Å². The van der Waals surface area contributed by atoms with Crippen LogP contribution in [-0.4, -0.2) is 56.5 Å². The Kier molecular flexibility index (Phi) is 4.83. The van der Waals surface area contributed by atoms with Crippen molar-refractivity contribution >= 4 is 11.9 Å². The van der Waals surface area contributed by atoms with E-state index < -0.39 is 0 Å². The SMILES string of the molecule is CCOC(=O)C1CCN(C(=O)c2ccc(-n3cccn3)nn2)CC1. The van der Waals surface area contributed by atoms with Crippen LogP contribution in [0.2, 0.25) is 0 Å². The van der Waals surface area contributed by atoms with E-state index in [1.807, 2.05) is 0 Å². The summed E-state index contributed by atoms with van der Waals surface area (Å²) in [7, 11) is 0. The Labute approximate surface area is 139 Å². The van der Waals surface area contributed by atoms with Crippen LogP contribution in [0.25, 0.3) is 5.82 Å². The lowest BCUT2D eigenvalue weighted by Gasteiger charge is -2.30. The molecule has 126 valence electrons. The minimum atomic E-state index is -0.173. The number of carbonyl (C=O) groups is 2. The number of hydrogen-bond donors (Lipinski definition) is 0. The summed E-state index contributed by atoms with van der Waals surface area (Å²) >= 11 is 0. The maximum Gasteiger partial charge on any atom is 0.309 e. The fourth-order valence-electron chi connectivity index (χ4n) is 2.71. The monoisotopic (exact) mass is 329 g/mol. The largest absolute Gasteiger partial charge is 0.466 e. The molecule has 1 aliphatic rings. The van der Waals surface area contributed by atoms with Gasteiger partial charge in [-0.15, -0.1) is 10.2 Å². The molecule has 0 spiro atoms. The molecule has 0 N–H and O–H groups in total. The Morgan fingerprint density at radius 2 is 2.04 bits per heavy atom. The average molecular weight is 329 g/mol. The van der Waals surface area contributed by atoms with E-state index in [2.05, 4.69) is 15.3 Å². The van der Waals surface area contributed by atoms with Crippen LogP contribution in [0.1, 0.15) is 30.3 Å². The second-order valence-corrected chi connectivity index (χ2v) is 5.55. The third kappa shape index (κ3) is 3.42. The van der Waals surface area contributed by atoms with Crippen molar-refractivity contribution in [1.29, 1.82) is 0 Å². The molecule has 0 radical (unpaired) electrons. The topological polar surface area (TPSA) is 90.2 Å². The van der Waals surface area contributed by atoms with Crippen LogP contribution < -0.4 is 0 Å². The van der Waals surface area contributed by atoms with Crippen molar-refractivity contribution in [2.24, 2.45) is 5.92 Å². The van der Waals surface area contributed by atoms with Crippen molar-refractivity contribution in [3.63, 3.8) is 0 Å². The Bertz CT molecular complexity index is 691. The molecule has 1 saturated heterocycles. The Hall–Kier alpha value is -2.77. The molecule has 3 rings (SSSR count). The van der Waals surface area contributed by atoms with E-state index in [1.54, 1.807) is 47.1 Å². The highest BCUT2D eigenvalue weighted by molar-refractivity contribution is 5.92. The lowest BCUT2D eigenvalue weighted by molar-refractivity contribution is -0.149. The highest BCUT2D eigenvalue weighted by atomic mass is 16.5. The number of piperidine rings is 1. The molecule has 1 fully saturated rings. The van der Waals surface area contributed by atoms with Crippen molar-refractivity contribution in [3.05, 3.63) is 36.3 Å². The molecule has 1 aliphatic heterocycles. The van der Waals surface area contributed by atoms with Crippen LogP contribution in [0.3, 0.4) is 0 Å². The molecular weight excluding hydrogens is 310 g/mol. The molecule has 3 heterocycles. The van der Waals surface area contributed by atoms with Crippen molar-refractivity contribution < 1.29 is 14.3 Å². The van der Waals surface area contributed by atoms with Gasteiger partial charge in [0.15, 0.2) is 11.5 Å². The lowest BCUT2D eigenvalue weighted by atomic mass is 9.97. The minimum Gasteiger partial charge on any atom is -0.466 e. The van der Waals surface area contributed by atoms with Gasteiger partial charge in [-0.3, -0.25) is 9.59 Å². The van der Waals surface area contributed by atoms with Gasteiger partial charge >= 0.3 is 5.97 Å². The summed E-state index contributed by atoms with van der Waals surface area (Å²) in [5.41, 5.74) is 0.292. The number of hydrogen-bond acceptors (Lipinski definition) is 6. The van der Waals surface area contributed by atoms with Crippen molar-refractivity contribution in [3.8, 4) is 5.82 Å². The van der Waals surface area contributed by atoms with Gasteiger partial charge < -0.3 is 9.64 Å². The van der Waals surface area contributed by atoms with Gasteiger partial charge in [-0.25, -0.2) is 4.68 Å². The van der Waals surface area contributed by atoms with Gasteiger partial charge in [0.05, 0.1) is 12.5 Å². The predicted octanol–water partition coefficient (Wildman–Crippen LogP) is 1.08. The second kappa shape index (κ2) is 7.20. The summed E-state index contributed by atoms with van der Waals surface area (Å²) in [4.78, 5) is 25.9. The Morgan fingerprint density at radius 3 is 2.62 bits per heavy atom. The van der Waals surface area contributed by atoms with Crippen LogP contribution in [0.15, 0.2) is 30.6 Å². The number of esters is 1. The molecule has 0 aliphatic carbocycles. The zero-order valence-electron chi connectivity index (χ0n) is 13.5. The van der Waals surface area contributed by atoms with Gasteiger partial charge in [-0.2, -0.15) is 5.10 Å². The second-order valence-electron chi connectivity index (χ2n) is 5.55. The zero-order chi connectivity index (χ0) is 16.9. The van der Waals surface area contributed by atoms with Crippen LogP contribution >= 0.6 is 0 Å². The first-order valence-electron chi connectivity index (χ1n) is 7.98. The minimum absolute atomic E-state index is 0.123. The summed E-state index contributed by atoms with van der Waals surface area (Å²) in [6, 6.07) is 5.14. The van der Waals surface area contributed by atoms with Crippen LogP contribution in [0.5, 0.6) is 0 Å². The molecule has 2 aromatic rings. The highest BCUT2D eigenvalue weighted by Gasteiger charge is 2.29. The number of nitrogens with zero attached hydrogens (tertiary/aromatic N) is 5. The molecule has 0 unspecified atom stereocenters. The van der Waals surface area contributed by atoms with Gasteiger partial charge in [0, 0.05) is 25.5 Å². The van der Waals surface area contributed by atoms with Crippen molar-refractivity contribution in [1.82, 2.24) is 24.9 Å². The summed E-state index contributed by atoms with van der Waals surface area (Å²) in [5, 5.41) is 12.1. The molecule has 1 amide bonds.